The molecule has 0 amide bonds. The van der Waals surface area contributed by atoms with Crippen LogP contribution < -0.4 is 9.64 Å². The number of halogens is 1. The molecular formula is C34H22BrN3O. The Morgan fingerprint density at radius 3 is 1.59 bits per heavy atom. The molecule has 0 atom stereocenters. The number of benzene rings is 5. The SMILES string of the molecule is Brc1cc(-c2nc(-c3ccccc3)cc(-c3ccccc3)n2)cc(N2c3ccccc3Oc3ccccc32)c1. The molecule has 2 heterocycles. The topological polar surface area (TPSA) is 38.2 Å². The highest BCUT2D eigenvalue weighted by Crippen LogP contribution is 2.50. The first-order valence-corrected chi connectivity index (χ1v) is 13.5. The fourth-order valence-corrected chi connectivity index (χ4v) is 5.39. The maximum atomic E-state index is 6.23. The zero-order valence-corrected chi connectivity index (χ0v) is 22.4. The summed E-state index contributed by atoms with van der Waals surface area (Å²) >= 11 is 3.77. The number of aromatic nitrogens is 2. The summed E-state index contributed by atoms with van der Waals surface area (Å²) in [7, 11) is 0. The van der Waals surface area contributed by atoms with E-state index in [2.05, 4.69) is 81.5 Å². The Bertz CT molecular complexity index is 1700. The van der Waals surface area contributed by atoms with Crippen LogP contribution in [0.4, 0.5) is 17.1 Å². The fraction of sp³-hybridized carbons (Fsp3) is 0. The standard InChI is InChI=1S/C34H22BrN3O/c35-26-19-25(20-27(21-26)38-30-15-7-9-17-32(30)39-33-18-10-8-16-31(33)38)34-36-28(23-11-3-1-4-12-23)22-29(37-34)24-13-5-2-6-14-24/h1-22H. The molecule has 1 aromatic heterocycles. The second-order valence-corrected chi connectivity index (χ2v) is 10.2. The third-order valence-electron chi connectivity index (χ3n) is 6.70. The molecule has 7 rings (SSSR count). The van der Waals surface area contributed by atoms with Gasteiger partial charge >= 0.3 is 0 Å². The van der Waals surface area contributed by atoms with Gasteiger partial charge in [0.25, 0.3) is 0 Å². The highest BCUT2D eigenvalue weighted by Gasteiger charge is 2.26. The molecule has 0 saturated carbocycles. The maximum Gasteiger partial charge on any atom is 0.160 e. The molecule has 0 fully saturated rings. The summed E-state index contributed by atoms with van der Waals surface area (Å²) in [6, 6.07) is 45.0. The van der Waals surface area contributed by atoms with Gasteiger partial charge in [-0.05, 0) is 48.5 Å². The van der Waals surface area contributed by atoms with Crippen molar-refractivity contribution in [1.82, 2.24) is 9.97 Å². The minimum absolute atomic E-state index is 0.660. The summed E-state index contributed by atoms with van der Waals surface area (Å²) < 4.78 is 7.16. The van der Waals surface area contributed by atoms with E-state index in [9.17, 15) is 0 Å². The lowest BCUT2D eigenvalue weighted by Crippen LogP contribution is -2.15. The second-order valence-electron chi connectivity index (χ2n) is 9.27. The van der Waals surface area contributed by atoms with E-state index in [1.807, 2.05) is 72.8 Å². The largest absolute Gasteiger partial charge is 0.453 e. The predicted molar refractivity (Wildman–Crippen MR) is 161 cm³/mol. The molecule has 39 heavy (non-hydrogen) atoms. The summed E-state index contributed by atoms with van der Waals surface area (Å²) in [5, 5.41) is 0. The van der Waals surface area contributed by atoms with E-state index in [0.29, 0.717) is 5.82 Å². The van der Waals surface area contributed by atoms with Gasteiger partial charge in [-0.15, -0.1) is 0 Å². The first kappa shape index (κ1) is 23.4. The van der Waals surface area contributed by atoms with Crippen molar-refractivity contribution in [2.45, 2.75) is 0 Å². The molecule has 0 aliphatic carbocycles. The van der Waals surface area contributed by atoms with Gasteiger partial charge in [0.15, 0.2) is 17.3 Å². The first-order chi connectivity index (χ1) is 19.2. The van der Waals surface area contributed by atoms with E-state index in [4.69, 9.17) is 14.7 Å². The summed E-state index contributed by atoms with van der Waals surface area (Å²) in [6.45, 7) is 0. The van der Waals surface area contributed by atoms with Crippen molar-refractivity contribution in [3.63, 3.8) is 0 Å². The summed E-state index contributed by atoms with van der Waals surface area (Å²) in [5.74, 6) is 2.28. The van der Waals surface area contributed by atoms with Crippen LogP contribution in [0.3, 0.4) is 0 Å². The lowest BCUT2D eigenvalue weighted by atomic mass is 10.1. The maximum absolute atomic E-state index is 6.23. The van der Waals surface area contributed by atoms with Gasteiger partial charge in [0.1, 0.15) is 0 Å². The van der Waals surface area contributed by atoms with E-state index >= 15 is 0 Å². The highest BCUT2D eigenvalue weighted by molar-refractivity contribution is 9.10. The van der Waals surface area contributed by atoms with E-state index in [-0.39, 0.29) is 0 Å². The van der Waals surface area contributed by atoms with Gasteiger partial charge in [0.2, 0.25) is 0 Å². The van der Waals surface area contributed by atoms with Gasteiger partial charge in [-0.25, -0.2) is 9.97 Å². The smallest absolute Gasteiger partial charge is 0.160 e. The van der Waals surface area contributed by atoms with E-state index < -0.39 is 0 Å². The Morgan fingerprint density at radius 2 is 1.03 bits per heavy atom. The van der Waals surface area contributed by atoms with Crippen LogP contribution in [0.1, 0.15) is 0 Å². The summed E-state index contributed by atoms with van der Waals surface area (Å²) in [4.78, 5) is 12.3. The minimum Gasteiger partial charge on any atom is -0.453 e. The molecule has 0 unspecified atom stereocenters. The lowest BCUT2D eigenvalue weighted by Gasteiger charge is -2.33. The van der Waals surface area contributed by atoms with Crippen molar-refractivity contribution < 1.29 is 4.74 Å². The number of hydrogen-bond donors (Lipinski definition) is 0. The zero-order valence-electron chi connectivity index (χ0n) is 20.8. The lowest BCUT2D eigenvalue weighted by molar-refractivity contribution is 0.477. The van der Waals surface area contributed by atoms with Crippen LogP contribution in [-0.2, 0) is 0 Å². The zero-order chi connectivity index (χ0) is 26.2. The number of anilines is 3. The monoisotopic (exact) mass is 567 g/mol. The molecule has 0 spiro atoms. The molecule has 4 nitrogen and oxygen atoms in total. The Morgan fingerprint density at radius 1 is 0.513 bits per heavy atom. The van der Waals surface area contributed by atoms with Crippen LogP contribution in [0.25, 0.3) is 33.9 Å². The molecule has 0 bridgehead atoms. The minimum atomic E-state index is 0.660. The van der Waals surface area contributed by atoms with Crippen molar-refractivity contribution in [1.29, 1.82) is 0 Å². The number of fused-ring (bicyclic) bond motifs is 2. The van der Waals surface area contributed by atoms with Crippen LogP contribution in [0.5, 0.6) is 11.5 Å². The van der Waals surface area contributed by atoms with Crippen molar-refractivity contribution in [3.05, 3.63) is 138 Å². The number of rotatable bonds is 4. The molecule has 5 heteroatoms. The fourth-order valence-electron chi connectivity index (χ4n) is 4.91. The first-order valence-electron chi connectivity index (χ1n) is 12.7. The van der Waals surface area contributed by atoms with Crippen LogP contribution in [0.2, 0.25) is 0 Å². The average molecular weight is 568 g/mol. The Kier molecular flexibility index (Phi) is 5.91. The van der Waals surface area contributed by atoms with Crippen LogP contribution in [-0.4, -0.2) is 9.97 Å². The van der Waals surface area contributed by atoms with E-state index in [0.717, 1.165) is 61.1 Å². The summed E-state index contributed by atoms with van der Waals surface area (Å²) in [6.07, 6.45) is 0. The van der Waals surface area contributed by atoms with Gasteiger partial charge in [-0.1, -0.05) is 101 Å². The molecule has 6 aromatic rings. The van der Waals surface area contributed by atoms with Crippen molar-refractivity contribution in [3.8, 4) is 45.4 Å². The van der Waals surface area contributed by atoms with Gasteiger partial charge in [0.05, 0.1) is 22.8 Å². The van der Waals surface area contributed by atoms with Crippen LogP contribution >= 0.6 is 15.9 Å². The van der Waals surface area contributed by atoms with Crippen molar-refractivity contribution >= 4 is 33.0 Å². The molecular weight excluding hydrogens is 546 g/mol. The van der Waals surface area contributed by atoms with Crippen LogP contribution in [0.15, 0.2) is 138 Å². The quantitative estimate of drug-likeness (QED) is 0.212. The Hall–Kier alpha value is -4.74. The number of nitrogens with zero attached hydrogens (tertiary/aromatic N) is 3. The summed E-state index contributed by atoms with van der Waals surface area (Å²) in [5.41, 5.74) is 7.70. The molecule has 1 aliphatic rings. The number of para-hydroxylation sites is 4. The highest BCUT2D eigenvalue weighted by atomic mass is 79.9. The van der Waals surface area contributed by atoms with Crippen LogP contribution in [0, 0.1) is 0 Å². The van der Waals surface area contributed by atoms with E-state index in [1.165, 1.54) is 0 Å². The molecule has 1 aliphatic heterocycles. The van der Waals surface area contributed by atoms with E-state index in [1.54, 1.807) is 0 Å². The molecule has 186 valence electrons. The third kappa shape index (κ3) is 4.47. The van der Waals surface area contributed by atoms with Gasteiger partial charge in [-0.3, -0.25) is 0 Å². The van der Waals surface area contributed by atoms with Crippen molar-refractivity contribution in [2.24, 2.45) is 0 Å². The van der Waals surface area contributed by atoms with Gasteiger partial charge < -0.3 is 9.64 Å². The van der Waals surface area contributed by atoms with Gasteiger partial charge in [0, 0.05) is 26.9 Å². The Labute approximate surface area is 235 Å². The number of hydrogen-bond acceptors (Lipinski definition) is 4. The molecule has 0 saturated heterocycles. The molecule has 5 aromatic carbocycles. The Balaban J connectivity index is 1.42. The molecule has 0 N–H and O–H groups in total. The number of ether oxygens (including phenoxy) is 1. The second kappa shape index (κ2) is 9.86. The average Bonchev–Trinajstić information content (AvgIpc) is 3.00. The van der Waals surface area contributed by atoms with Crippen molar-refractivity contribution in [2.75, 3.05) is 4.90 Å². The van der Waals surface area contributed by atoms with Gasteiger partial charge in [-0.2, -0.15) is 0 Å². The third-order valence-corrected chi connectivity index (χ3v) is 7.15. The predicted octanol–water partition coefficient (Wildman–Crippen LogP) is 9.82. The normalized spacial score (nSPS) is 11.9. The molecule has 0 radical (unpaired) electrons.